The summed E-state index contributed by atoms with van der Waals surface area (Å²) in [5.74, 6) is 0.545. The number of amides is 1. The van der Waals surface area contributed by atoms with Crippen LogP contribution in [0.15, 0.2) is 82.6 Å². The molecule has 156 valence electrons. The van der Waals surface area contributed by atoms with Crippen LogP contribution in [-0.2, 0) is 14.6 Å². The first-order valence-corrected chi connectivity index (χ1v) is 10.6. The molecule has 0 spiro atoms. The molecule has 0 bridgehead atoms. The van der Waals surface area contributed by atoms with E-state index in [9.17, 15) is 13.2 Å². The molecule has 0 aliphatic heterocycles. The molecule has 0 aliphatic carbocycles. The number of ether oxygens (including phenoxy) is 2. The van der Waals surface area contributed by atoms with Gasteiger partial charge in [0.15, 0.2) is 0 Å². The highest BCUT2D eigenvalue weighted by Crippen LogP contribution is 2.35. The molecule has 2 N–H and O–H groups in total. The minimum absolute atomic E-state index is 0.0176. The number of rotatable bonds is 8. The van der Waals surface area contributed by atoms with Crippen LogP contribution in [0.4, 0.5) is 11.4 Å². The highest BCUT2D eigenvalue weighted by atomic mass is 32.2. The molecular formula is C22H22N2O5S. The van der Waals surface area contributed by atoms with Crippen molar-refractivity contribution < 1.29 is 22.7 Å². The third kappa shape index (κ3) is 4.72. The molecule has 0 aromatic heterocycles. The zero-order valence-corrected chi connectivity index (χ0v) is 17.4. The summed E-state index contributed by atoms with van der Waals surface area (Å²) >= 11 is 0. The van der Waals surface area contributed by atoms with Crippen molar-refractivity contribution in [2.24, 2.45) is 0 Å². The zero-order valence-electron chi connectivity index (χ0n) is 16.6. The van der Waals surface area contributed by atoms with Crippen molar-refractivity contribution in [3.05, 3.63) is 72.8 Å². The van der Waals surface area contributed by atoms with Crippen molar-refractivity contribution in [1.82, 2.24) is 0 Å². The first-order chi connectivity index (χ1) is 14.5. The molecule has 3 aromatic rings. The van der Waals surface area contributed by atoms with Gasteiger partial charge in [-0.3, -0.25) is 4.79 Å². The third-order valence-electron chi connectivity index (χ3n) is 4.33. The van der Waals surface area contributed by atoms with Gasteiger partial charge in [0.2, 0.25) is 15.7 Å². The molecule has 8 heteroatoms. The summed E-state index contributed by atoms with van der Waals surface area (Å²) in [4.78, 5) is 12.5. The molecule has 0 heterocycles. The number of carbonyl (C=O) groups excluding carboxylic acids is 1. The van der Waals surface area contributed by atoms with Crippen LogP contribution < -0.4 is 20.1 Å². The van der Waals surface area contributed by atoms with Crippen molar-refractivity contribution in [3.8, 4) is 11.5 Å². The van der Waals surface area contributed by atoms with Gasteiger partial charge in [0.1, 0.15) is 16.4 Å². The van der Waals surface area contributed by atoms with Gasteiger partial charge in [-0.05, 0) is 48.5 Å². The van der Waals surface area contributed by atoms with E-state index in [4.69, 9.17) is 9.47 Å². The number of sulfone groups is 1. The van der Waals surface area contributed by atoms with Gasteiger partial charge in [0.05, 0.1) is 31.3 Å². The Kier molecular flexibility index (Phi) is 6.58. The number of methoxy groups -OCH3 is 2. The van der Waals surface area contributed by atoms with Gasteiger partial charge in [0.25, 0.3) is 0 Å². The lowest BCUT2D eigenvalue weighted by Crippen LogP contribution is -2.22. The van der Waals surface area contributed by atoms with E-state index in [1.807, 2.05) is 0 Å². The molecule has 0 aliphatic rings. The van der Waals surface area contributed by atoms with Crippen molar-refractivity contribution in [2.75, 3.05) is 31.4 Å². The average Bonchev–Trinajstić information content (AvgIpc) is 2.78. The fraction of sp³-hybridized carbons (Fsp3) is 0.136. The Labute approximate surface area is 175 Å². The number of carbonyl (C=O) groups is 1. The van der Waals surface area contributed by atoms with Crippen LogP contribution in [0.3, 0.4) is 0 Å². The van der Waals surface area contributed by atoms with Gasteiger partial charge >= 0.3 is 0 Å². The first-order valence-electron chi connectivity index (χ1n) is 9.10. The van der Waals surface area contributed by atoms with E-state index >= 15 is 0 Å². The standard InChI is InChI=1S/C22H22N2O5S/c1-28-17-13-11-16(12-14-17)24-21(25)15-23-19-9-6-10-20(29-2)22(19)30(26,27)18-7-4-3-5-8-18/h3-14,23H,15H2,1-2H3,(H,24,25). The Morgan fingerprint density at radius 3 is 2.20 bits per heavy atom. The van der Waals surface area contributed by atoms with Crippen molar-refractivity contribution in [3.63, 3.8) is 0 Å². The largest absolute Gasteiger partial charge is 0.497 e. The highest BCUT2D eigenvalue weighted by Gasteiger charge is 2.26. The molecule has 0 atom stereocenters. The zero-order chi connectivity index (χ0) is 21.6. The summed E-state index contributed by atoms with van der Waals surface area (Å²) in [5.41, 5.74) is 0.883. The SMILES string of the molecule is COc1ccc(NC(=O)CNc2cccc(OC)c2S(=O)(=O)c2ccccc2)cc1. The molecule has 0 unspecified atom stereocenters. The van der Waals surface area contributed by atoms with Gasteiger partial charge in [-0.25, -0.2) is 8.42 Å². The molecule has 0 saturated heterocycles. The highest BCUT2D eigenvalue weighted by molar-refractivity contribution is 7.91. The number of nitrogens with one attached hydrogen (secondary N) is 2. The van der Waals surface area contributed by atoms with Gasteiger partial charge in [-0.15, -0.1) is 0 Å². The lowest BCUT2D eigenvalue weighted by molar-refractivity contribution is -0.114. The predicted octanol–water partition coefficient (Wildman–Crippen LogP) is 3.59. The molecular weight excluding hydrogens is 404 g/mol. The Balaban J connectivity index is 1.82. The summed E-state index contributed by atoms with van der Waals surface area (Å²) in [6.45, 7) is -0.128. The van der Waals surface area contributed by atoms with Crippen LogP contribution in [0.25, 0.3) is 0 Å². The first kappa shape index (κ1) is 21.2. The Hall–Kier alpha value is -3.52. The normalized spacial score (nSPS) is 10.9. The fourth-order valence-corrected chi connectivity index (χ4v) is 4.46. The van der Waals surface area contributed by atoms with Crippen LogP contribution in [0, 0.1) is 0 Å². The summed E-state index contributed by atoms with van der Waals surface area (Å²) < 4.78 is 36.8. The van der Waals surface area contributed by atoms with Crippen LogP contribution in [0.5, 0.6) is 11.5 Å². The second-order valence-electron chi connectivity index (χ2n) is 6.28. The number of hydrogen-bond donors (Lipinski definition) is 2. The number of benzene rings is 3. The molecule has 30 heavy (non-hydrogen) atoms. The molecule has 7 nitrogen and oxygen atoms in total. The van der Waals surface area contributed by atoms with Crippen LogP contribution in [0.1, 0.15) is 0 Å². The van der Waals surface area contributed by atoms with Crippen LogP contribution >= 0.6 is 0 Å². The summed E-state index contributed by atoms with van der Waals surface area (Å²) in [6, 6.07) is 19.8. The lowest BCUT2D eigenvalue weighted by atomic mass is 10.3. The van der Waals surface area contributed by atoms with Gasteiger partial charge in [-0.2, -0.15) is 0 Å². The third-order valence-corrected chi connectivity index (χ3v) is 6.19. The average molecular weight is 426 g/mol. The van der Waals surface area contributed by atoms with E-state index in [1.54, 1.807) is 67.8 Å². The van der Waals surface area contributed by atoms with Crippen molar-refractivity contribution in [1.29, 1.82) is 0 Å². The van der Waals surface area contributed by atoms with Crippen molar-refractivity contribution >= 4 is 27.1 Å². The predicted molar refractivity (Wildman–Crippen MR) is 115 cm³/mol. The quantitative estimate of drug-likeness (QED) is 0.572. The molecule has 0 fully saturated rings. The molecule has 3 rings (SSSR count). The lowest BCUT2D eigenvalue weighted by Gasteiger charge is -2.16. The molecule has 0 radical (unpaired) electrons. The van der Waals surface area contributed by atoms with E-state index in [1.165, 1.54) is 19.2 Å². The van der Waals surface area contributed by atoms with Crippen LogP contribution in [0.2, 0.25) is 0 Å². The Morgan fingerprint density at radius 1 is 0.867 bits per heavy atom. The second-order valence-corrected chi connectivity index (χ2v) is 8.17. The minimum Gasteiger partial charge on any atom is -0.497 e. The van der Waals surface area contributed by atoms with E-state index in [2.05, 4.69) is 10.6 Å². The van der Waals surface area contributed by atoms with E-state index in [-0.39, 0.29) is 33.7 Å². The maximum Gasteiger partial charge on any atom is 0.243 e. The molecule has 3 aromatic carbocycles. The monoisotopic (exact) mass is 426 g/mol. The van der Waals surface area contributed by atoms with E-state index in [0.29, 0.717) is 11.4 Å². The summed E-state index contributed by atoms with van der Waals surface area (Å²) in [5, 5.41) is 5.65. The summed E-state index contributed by atoms with van der Waals surface area (Å²) in [7, 11) is -0.895. The number of anilines is 2. The molecule has 0 saturated carbocycles. The van der Waals surface area contributed by atoms with Gasteiger partial charge in [0, 0.05) is 5.69 Å². The number of hydrogen-bond acceptors (Lipinski definition) is 6. The minimum atomic E-state index is -3.86. The Morgan fingerprint density at radius 2 is 1.57 bits per heavy atom. The molecule has 1 amide bonds. The van der Waals surface area contributed by atoms with Gasteiger partial charge in [-0.1, -0.05) is 24.3 Å². The second kappa shape index (κ2) is 9.32. The van der Waals surface area contributed by atoms with Gasteiger partial charge < -0.3 is 20.1 Å². The smallest absolute Gasteiger partial charge is 0.243 e. The topological polar surface area (TPSA) is 93.7 Å². The maximum atomic E-state index is 13.2. The maximum absolute atomic E-state index is 13.2. The van der Waals surface area contributed by atoms with Crippen LogP contribution in [-0.4, -0.2) is 35.1 Å². The van der Waals surface area contributed by atoms with E-state index in [0.717, 1.165) is 0 Å². The fourth-order valence-electron chi connectivity index (χ4n) is 2.87. The van der Waals surface area contributed by atoms with Crippen molar-refractivity contribution in [2.45, 2.75) is 9.79 Å². The Bertz CT molecular complexity index is 1110. The summed E-state index contributed by atoms with van der Waals surface area (Å²) in [6.07, 6.45) is 0. The van der Waals surface area contributed by atoms with E-state index < -0.39 is 9.84 Å².